The van der Waals surface area contributed by atoms with Gasteiger partial charge in [0.1, 0.15) is 17.2 Å². The number of carboxylic acid groups (broad SMARTS) is 1. The Bertz CT molecular complexity index is 1210. The summed E-state index contributed by atoms with van der Waals surface area (Å²) < 4.78 is 11.2. The number of carboxylic acids is 1. The number of hydrogen-bond acceptors (Lipinski definition) is 5. The number of aliphatic carboxylic acids is 1. The van der Waals surface area contributed by atoms with Crippen LogP contribution < -0.4 is 10.9 Å². The van der Waals surface area contributed by atoms with E-state index in [4.69, 9.17) is 8.83 Å². The van der Waals surface area contributed by atoms with Crippen LogP contribution in [0.25, 0.3) is 21.9 Å². The number of carbonyl (C=O) groups is 2. The van der Waals surface area contributed by atoms with Crippen molar-refractivity contribution in [2.75, 3.05) is 0 Å². The lowest BCUT2D eigenvalue weighted by atomic mass is 9.86. The van der Waals surface area contributed by atoms with E-state index < -0.39 is 23.5 Å². The van der Waals surface area contributed by atoms with Gasteiger partial charge < -0.3 is 19.3 Å². The fraction of sp³-hybridized carbons (Fsp3) is 0.458. The van der Waals surface area contributed by atoms with Crippen LogP contribution in [-0.2, 0) is 21.4 Å². The summed E-state index contributed by atoms with van der Waals surface area (Å²) in [6.45, 7) is 11.7. The molecule has 0 aliphatic heterocycles. The van der Waals surface area contributed by atoms with E-state index in [0.717, 1.165) is 16.3 Å². The minimum atomic E-state index is -1.10. The topological polar surface area (TPSA) is 110 Å². The van der Waals surface area contributed by atoms with Crippen LogP contribution in [0.4, 0.5) is 0 Å². The molecule has 0 fully saturated rings. The average Bonchev–Trinajstić information content (AvgIpc) is 3.10. The van der Waals surface area contributed by atoms with Gasteiger partial charge in [0.15, 0.2) is 0 Å². The lowest BCUT2D eigenvalue weighted by Crippen LogP contribution is -2.45. The van der Waals surface area contributed by atoms with Gasteiger partial charge in [-0.1, -0.05) is 41.0 Å². The van der Waals surface area contributed by atoms with Crippen LogP contribution in [0, 0.1) is 12.8 Å². The third kappa shape index (κ3) is 4.36. The third-order valence-corrected chi connectivity index (χ3v) is 5.92. The molecule has 1 amide bonds. The van der Waals surface area contributed by atoms with Crippen molar-refractivity contribution in [2.45, 2.75) is 65.8 Å². The van der Waals surface area contributed by atoms with E-state index in [-0.39, 0.29) is 23.3 Å². The molecule has 2 aromatic heterocycles. The van der Waals surface area contributed by atoms with Gasteiger partial charge in [-0.2, -0.15) is 0 Å². The molecular formula is C24H29NO6. The molecule has 7 nitrogen and oxygen atoms in total. The Morgan fingerprint density at radius 1 is 1.16 bits per heavy atom. The molecule has 2 atom stereocenters. The third-order valence-electron chi connectivity index (χ3n) is 5.92. The lowest BCUT2D eigenvalue weighted by Gasteiger charge is -2.20. The number of carbonyl (C=O) groups excluding carboxylic acids is 1. The fourth-order valence-electron chi connectivity index (χ4n) is 3.76. The summed E-state index contributed by atoms with van der Waals surface area (Å²) in [5.41, 5.74) is 2.16. The molecule has 166 valence electrons. The second-order valence-corrected chi connectivity index (χ2v) is 9.18. The van der Waals surface area contributed by atoms with Gasteiger partial charge in [-0.15, -0.1) is 0 Å². The zero-order chi connectivity index (χ0) is 23.1. The summed E-state index contributed by atoms with van der Waals surface area (Å²) in [7, 11) is 0. The summed E-state index contributed by atoms with van der Waals surface area (Å²) in [6.07, 6.45) is 2.07. The Kier molecular flexibility index (Phi) is 5.98. The normalized spacial score (nSPS) is 14.0. The highest BCUT2D eigenvalue weighted by Crippen LogP contribution is 2.35. The summed E-state index contributed by atoms with van der Waals surface area (Å²) in [5, 5.41) is 13.6. The molecule has 0 spiro atoms. The van der Waals surface area contributed by atoms with Gasteiger partial charge in [0.2, 0.25) is 5.91 Å². The van der Waals surface area contributed by atoms with Gasteiger partial charge in [-0.05, 0) is 29.9 Å². The van der Waals surface area contributed by atoms with Gasteiger partial charge in [-0.25, -0.2) is 9.59 Å². The predicted molar refractivity (Wildman–Crippen MR) is 118 cm³/mol. The first kappa shape index (κ1) is 22.6. The summed E-state index contributed by atoms with van der Waals surface area (Å²) >= 11 is 0. The largest absolute Gasteiger partial charge is 0.480 e. The van der Waals surface area contributed by atoms with Crippen molar-refractivity contribution in [3.63, 3.8) is 0 Å². The standard InChI is InChI=1S/C24H29NO6/c1-7-12(2)21(22(27)28)25-20(26)9-15-13(3)14-8-16-17(24(4,5)6)11-30-18(16)10-19(14)31-23(15)29/h8,10-12,21H,7,9H2,1-6H3,(H,25,26)(H,27,28)/t12-,21+/m1/s1. The van der Waals surface area contributed by atoms with Crippen molar-refractivity contribution in [2.24, 2.45) is 5.92 Å². The molecule has 0 radical (unpaired) electrons. The molecule has 0 saturated heterocycles. The van der Waals surface area contributed by atoms with Gasteiger partial charge in [0, 0.05) is 22.4 Å². The quantitative estimate of drug-likeness (QED) is 0.568. The number of amides is 1. The van der Waals surface area contributed by atoms with Crippen molar-refractivity contribution in [1.82, 2.24) is 5.32 Å². The zero-order valence-electron chi connectivity index (χ0n) is 18.8. The summed E-state index contributed by atoms with van der Waals surface area (Å²) in [4.78, 5) is 36.7. The van der Waals surface area contributed by atoms with E-state index in [1.54, 1.807) is 26.2 Å². The van der Waals surface area contributed by atoms with E-state index in [0.29, 0.717) is 23.2 Å². The van der Waals surface area contributed by atoms with Gasteiger partial charge >= 0.3 is 11.6 Å². The van der Waals surface area contributed by atoms with Crippen molar-refractivity contribution in [3.8, 4) is 0 Å². The van der Waals surface area contributed by atoms with E-state index in [2.05, 4.69) is 26.1 Å². The second-order valence-electron chi connectivity index (χ2n) is 9.18. The highest BCUT2D eigenvalue weighted by molar-refractivity contribution is 5.97. The monoisotopic (exact) mass is 427 g/mol. The number of fused-ring (bicyclic) bond motifs is 2. The second kappa shape index (κ2) is 8.21. The van der Waals surface area contributed by atoms with Crippen molar-refractivity contribution >= 4 is 33.8 Å². The zero-order valence-corrected chi connectivity index (χ0v) is 18.8. The highest BCUT2D eigenvalue weighted by atomic mass is 16.4. The Morgan fingerprint density at radius 3 is 2.42 bits per heavy atom. The molecule has 0 unspecified atom stereocenters. The number of furan rings is 1. The van der Waals surface area contributed by atoms with Crippen LogP contribution >= 0.6 is 0 Å². The lowest BCUT2D eigenvalue weighted by molar-refractivity contribution is -0.143. The molecule has 7 heteroatoms. The van der Waals surface area contributed by atoms with Crippen molar-refractivity contribution in [1.29, 1.82) is 0 Å². The van der Waals surface area contributed by atoms with Crippen LogP contribution in [-0.4, -0.2) is 23.0 Å². The summed E-state index contributed by atoms with van der Waals surface area (Å²) in [5.74, 6) is -1.86. The predicted octanol–water partition coefficient (Wildman–Crippen LogP) is 4.30. The van der Waals surface area contributed by atoms with Gasteiger partial charge in [0.05, 0.1) is 18.2 Å². The number of hydrogen-bond donors (Lipinski definition) is 2. The molecule has 2 N–H and O–H groups in total. The first-order chi connectivity index (χ1) is 14.4. The molecule has 0 aliphatic rings. The van der Waals surface area contributed by atoms with Crippen LogP contribution in [0.2, 0.25) is 0 Å². The highest BCUT2D eigenvalue weighted by Gasteiger charge is 2.27. The van der Waals surface area contributed by atoms with E-state index in [9.17, 15) is 19.5 Å². The molecule has 0 aliphatic carbocycles. The van der Waals surface area contributed by atoms with Crippen LogP contribution in [0.15, 0.2) is 32.0 Å². The average molecular weight is 427 g/mol. The van der Waals surface area contributed by atoms with E-state index in [1.165, 1.54) is 0 Å². The summed E-state index contributed by atoms with van der Waals surface area (Å²) in [6, 6.07) is 2.61. The smallest absolute Gasteiger partial charge is 0.340 e. The van der Waals surface area contributed by atoms with E-state index in [1.807, 2.05) is 13.0 Å². The number of rotatable bonds is 6. The number of benzene rings is 1. The van der Waals surface area contributed by atoms with E-state index >= 15 is 0 Å². The first-order valence-corrected chi connectivity index (χ1v) is 10.4. The molecule has 0 bridgehead atoms. The Balaban J connectivity index is 2.03. The fourth-order valence-corrected chi connectivity index (χ4v) is 3.76. The maximum absolute atomic E-state index is 12.6. The molecule has 31 heavy (non-hydrogen) atoms. The maximum atomic E-state index is 12.6. The molecule has 0 saturated carbocycles. The van der Waals surface area contributed by atoms with Crippen LogP contribution in [0.3, 0.4) is 0 Å². The van der Waals surface area contributed by atoms with Gasteiger partial charge in [0.25, 0.3) is 0 Å². The minimum Gasteiger partial charge on any atom is -0.480 e. The van der Waals surface area contributed by atoms with Gasteiger partial charge in [-0.3, -0.25) is 4.79 Å². The Morgan fingerprint density at radius 2 is 1.84 bits per heavy atom. The molecule has 3 aromatic rings. The first-order valence-electron chi connectivity index (χ1n) is 10.4. The van der Waals surface area contributed by atoms with Crippen molar-refractivity contribution < 1.29 is 23.5 Å². The molecule has 2 heterocycles. The Hall–Kier alpha value is -3.09. The Labute approximate surface area is 180 Å². The molecular weight excluding hydrogens is 398 g/mol. The SMILES string of the molecule is CC[C@@H](C)[C@H](NC(=O)Cc1c(C)c2cc3c(C(C)(C)C)coc3cc2oc1=O)C(=O)O. The number of aryl methyl sites for hydroxylation is 1. The molecule has 1 aromatic carbocycles. The molecule has 3 rings (SSSR count). The van der Waals surface area contributed by atoms with Crippen molar-refractivity contribution in [3.05, 3.63) is 45.5 Å². The minimum absolute atomic E-state index is 0.132. The van der Waals surface area contributed by atoms with Crippen LogP contribution in [0.1, 0.15) is 57.7 Å². The van der Waals surface area contributed by atoms with Crippen LogP contribution in [0.5, 0.6) is 0 Å². The maximum Gasteiger partial charge on any atom is 0.340 e. The number of nitrogens with one attached hydrogen (secondary N) is 1.